The molecular weight excluding hydrogens is 463 g/mol. The van der Waals surface area contributed by atoms with Gasteiger partial charge in [-0.3, -0.25) is 4.79 Å². The first-order valence-corrected chi connectivity index (χ1v) is 14.8. The van der Waals surface area contributed by atoms with Crippen LogP contribution >= 0.6 is 7.92 Å². The molecule has 3 nitrogen and oxygen atoms in total. The fraction of sp³-hybridized carbons (Fsp3) is 0.594. The van der Waals surface area contributed by atoms with Gasteiger partial charge in [0.1, 0.15) is 5.78 Å². The van der Waals surface area contributed by atoms with Crippen molar-refractivity contribution in [2.24, 2.45) is 0 Å². The van der Waals surface area contributed by atoms with Gasteiger partial charge >= 0.3 is 0 Å². The SMILES string of the molecule is COc1cc(P2C(C)(C)CC(=O)CC2(C)C)c(-c2ccc(C(C)C)cc2C(C)C)c(C(C)C)c1OC. The molecule has 1 fully saturated rings. The van der Waals surface area contributed by atoms with Crippen LogP contribution in [0.15, 0.2) is 24.3 Å². The summed E-state index contributed by atoms with van der Waals surface area (Å²) in [4.78, 5) is 12.8. The molecule has 1 saturated heterocycles. The third kappa shape index (κ3) is 5.24. The number of rotatable bonds is 7. The van der Waals surface area contributed by atoms with Crippen LogP contribution in [0.25, 0.3) is 11.1 Å². The highest BCUT2D eigenvalue weighted by atomic mass is 31.1. The zero-order valence-electron chi connectivity index (χ0n) is 24.6. The van der Waals surface area contributed by atoms with Gasteiger partial charge in [0, 0.05) is 18.4 Å². The molecule has 3 rings (SSSR count). The van der Waals surface area contributed by atoms with E-state index < -0.39 is 7.92 Å². The van der Waals surface area contributed by atoms with Gasteiger partial charge in [0.25, 0.3) is 0 Å². The van der Waals surface area contributed by atoms with Crippen molar-refractivity contribution in [3.05, 3.63) is 41.0 Å². The molecule has 0 spiro atoms. The molecule has 0 bridgehead atoms. The maximum Gasteiger partial charge on any atom is 0.164 e. The van der Waals surface area contributed by atoms with E-state index in [4.69, 9.17) is 9.47 Å². The van der Waals surface area contributed by atoms with E-state index in [1.165, 1.54) is 33.1 Å². The first-order chi connectivity index (χ1) is 16.7. The van der Waals surface area contributed by atoms with Crippen molar-refractivity contribution in [1.82, 2.24) is 0 Å². The molecule has 1 aliphatic heterocycles. The molecule has 2 aromatic rings. The average molecular weight is 511 g/mol. The van der Waals surface area contributed by atoms with Gasteiger partial charge in [-0.05, 0) is 61.7 Å². The summed E-state index contributed by atoms with van der Waals surface area (Å²) >= 11 is 0. The molecule has 0 radical (unpaired) electrons. The topological polar surface area (TPSA) is 35.5 Å². The number of methoxy groups -OCH3 is 2. The van der Waals surface area contributed by atoms with E-state index in [1.807, 2.05) is 0 Å². The zero-order chi connectivity index (χ0) is 27.2. The molecular formula is C32H47O3P. The van der Waals surface area contributed by atoms with Crippen molar-refractivity contribution in [1.29, 1.82) is 0 Å². The summed E-state index contributed by atoms with van der Waals surface area (Å²) in [6, 6.07) is 9.28. The van der Waals surface area contributed by atoms with Crippen LogP contribution in [0.1, 0.15) is 117 Å². The van der Waals surface area contributed by atoms with Crippen LogP contribution in [-0.4, -0.2) is 30.3 Å². The Morgan fingerprint density at radius 2 is 1.39 bits per heavy atom. The molecule has 36 heavy (non-hydrogen) atoms. The van der Waals surface area contributed by atoms with E-state index in [0.717, 1.165) is 11.5 Å². The Morgan fingerprint density at radius 3 is 1.83 bits per heavy atom. The summed E-state index contributed by atoms with van der Waals surface area (Å²) in [5.74, 6) is 3.07. The molecule has 198 valence electrons. The summed E-state index contributed by atoms with van der Waals surface area (Å²) in [5.41, 5.74) is 6.53. The Bertz CT molecular complexity index is 1100. The number of Topliss-reactive ketones (excluding diaryl/α,β-unsaturated/α-hetero) is 1. The minimum absolute atomic E-state index is 0.118. The monoisotopic (exact) mass is 510 g/mol. The van der Waals surface area contributed by atoms with Crippen LogP contribution in [0.4, 0.5) is 0 Å². The highest BCUT2D eigenvalue weighted by Crippen LogP contribution is 2.66. The Balaban J connectivity index is 2.54. The van der Waals surface area contributed by atoms with Crippen LogP contribution in [0.5, 0.6) is 11.5 Å². The minimum atomic E-state index is -0.713. The van der Waals surface area contributed by atoms with Crippen molar-refractivity contribution >= 4 is 19.0 Å². The van der Waals surface area contributed by atoms with Crippen LogP contribution in [0.3, 0.4) is 0 Å². The first kappa shape index (κ1) is 28.7. The lowest BCUT2D eigenvalue weighted by Crippen LogP contribution is -2.43. The smallest absolute Gasteiger partial charge is 0.164 e. The minimum Gasteiger partial charge on any atom is -0.493 e. The first-order valence-electron chi connectivity index (χ1n) is 13.4. The maximum atomic E-state index is 12.8. The fourth-order valence-electron chi connectivity index (χ4n) is 6.32. The van der Waals surface area contributed by atoms with Crippen molar-refractivity contribution in [3.8, 4) is 22.6 Å². The van der Waals surface area contributed by atoms with E-state index >= 15 is 0 Å². The quantitative estimate of drug-likeness (QED) is 0.349. The number of carbonyl (C=O) groups is 1. The normalized spacial score (nSPS) is 17.8. The number of ketones is 1. The van der Waals surface area contributed by atoms with Gasteiger partial charge in [0.15, 0.2) is 11.5 Å². The second-order valence-corrected chi connectivity index (χ2v) is 16.2. The average Bonchev–Trinajstić information content (AvgIpc) is 2.75. The lowest BCUT2D eigenvalue weighted by Gasteiger charge is -2.50. The largest absolute Gasteiger partial charge is 0.493 e. The summed E-state index contributed by atoms with van der Waals surface area (Å²) < 4.78 is 12.0. The molecule has 1 aliphatic rings. The van der Waals surface area contributed by atoms with Gasteiger partial charge in [-0.1, -0.05) is 95.4 Å². The van der Waals surface area contributed by atoms with E-state index in [-0.39, 0.29) is 16.2 Å². The number of hydrogen-bond donors (Lipinski definition) is 0. The molecule has 0 aliphatic carbocycles. The Kier molecular flexibility index (Phi) is 8.36. The van der Waals surface area contributed by atoms with E-state index in [9.17, 15) is 4.79 Å². The predicted molar refractivity (Wildman–Crippen MR) is 156 cm³/mol. The molecule has 0 N–H and O–H groups in total. The molecule has 4 heteroatoms. The number of carbonyl (C=O) groups excluding carboxylic acids is 1. The second kappa shape index (κ2) is 10.5. The second-order valence-electron chi connectivity index (χ2n) is 12.6. The number of benzene rings is 2. The highest BCUT2D eigenvalue weighted by molar-refractivity contribution is 7.69. The molecule has 1 heterocycles. The van der Waals surface area contributed by atoms with Crippen LogP contribution in [-0.2, 0) is 4.79 Å². The summed E-state index contributed by atoms with van der Waals surface area (Å²) in [6.45, 7) is 22.7. The Hall–Kier alpha value is -1.86. The Labute approximate surface area is 221 Å². The van der Waals surface area contributed by atoms with Gasteiger partial charge in [-0.15, -0.1) is 0 Å². The van der Waals surface area contributed by atoms with Gasteiger partial charge in [-0.2, -0.15) is 0 Å². The van der Waals surface area contributed by atoms with Crippen molar-refractivity contribution in [3.63, 3.8) is 0 Å². The fourth-order valence-corrected chi connectivity index (χ4v) is 10.6. The highest BCUT2D eigenvalue weighted by Gasteiger charge is 2.49. The standard InChI is InChI=1S/C32H47O3P/c1-19(2)22-13-14-24(25(15-22)20(3)4)29-27(16-26(34-11)30(35-12)28(29)21(5)6)36-31(7,8)17-23(33)18-32(36,9)10/h13-16,19-21H,17-18H2,1-12H3. The van der Waals surface area contributed by atoms with E-state index in [2.05, 4.69) is 93.5 Å². The van der Waals surface area contributed by atoms with Crippen LogP contribution in [0.2, 0.25) is 0 Å². The van der Waals surface area contributed by atoms with Crippen molar-refractivity contribution < 1.29 is 14.3 Å². The predicted octanol–water partition coefficient (Wildman–Crippen LogP) is 8.77. The van der Waals surface area contributed by atoms with Crippen molar-refractivity contribution in [2.45, 2.75) is 110 Å². The third-order valence-corrected chi connectivity index (χ3v) is 11.2. The molecule has 0 unspecified atom stereocenters. The van der Waals surface area contributed by atoms with Gasteiger partial charge < -0.3 is 9.47 Å². The van der Waals surface area contributed by atoms with Gasteiger partial charge in [0.2, 0.25) is 0 Å². The van der Waals surface area contributed by atoms with Gasteiger partial charge in [0.05, 0.1) is 14.2 Å². The zero-order valence-corrected chi connectivity index (χ0v) is 25.5. The summed E-state index contributed by atoms with van der Waals surface area (Å²) in [5, 5.41) is 1.10. The number of ether oxygens (including phenoxy) is 2. The maximum absolute atomic E-state index is 12.8. The van der Waals surface area contributed by atoms with E-state index in [0.29, 0.717) is 30.5 Å². The van der Waals surface area contributed by atoms with Crippen LogP contribution in [0, 0.1) is 0 Å². The van der Waals surface area contributed by atoms with Crippen molar-refractivity contribution in [2.75, 3.05) is 14.2 Å². The molecule has 2 aromatic carbocycles. The van der Waals surface area contributed by atoms with E-state index in [1.54, 1.807) is 14.2 Å². The summed E-state index contributed by atoms with van der Waals surface area (Å²) in [7, 11) is 2.77. The third-order valence-electron chi connectivity index (χ3n) is 7.61. The molecule has 0 atom stereocenters. The molecule has 0 saturated carbocycles. The Morgan fingerprint density at radius 1 is 0.806 bits per heavy atom. The van der Waals surface area contributed by atoms with Gasteiger partial charge in [-0.25, -0.2) is 0 Å². The lowest BCUT2D eigenvalue weighted by atomic mass is 9.84. The molecule has 0 amide bonds. The summed E-state index contributed by atoms with van der Waals surface area (Å²) in [6.07, 6.45) is 1.24. The lowest BCUT2D eigenvalue weighted by molar-refractivity contribution is -0.120. The number of hydrogen-bond acceptors (Lipinski definition) is 3. The molecule has 0 aromatic heterocycles. The van der Waals surface area contributed by atoms with Crippen LogP contribution < -0.4 is 14.8 Å².